The number of amidine groups is 2. The second kappa shape index (κ2) is 8.37. The Labute approximate surface area is 161 Å². The highest BCUT2D eigenvalue weighted by molar-refractivity contribution is 7.14. The van der Waals surface area contributed by atoms with E-state index in [0.717, 1.165) is 27.8 Å². The van der Waals surface area contributed by atoms with Crippen LogP contribution in [-0.4, -0.2) is 25.9 Å². The Bertz CT molecular complexity index is 882. The molecule has 1 aromatic heterocycles. The Morgan fingerprint density at radius 3 is 1.70 bits per heavy atom. The van der Waals surface area contributed by atoms with Crippen molar-refractivity contribution in [3.8, 4) is 21.6 Å². The van der Waals surface area contributed by atoms with Crippen LogP contribution >= 0.6 is 11.3 Å². The molecule has 0 unspecified atom stereocenters. The average molecular weight is 380 g/mol. The predicted octanol–water partition coefficient (Wildman–Crippen LogP) is 3.62. The highest BCUT2D eigenvalue weighted by Crippen LogP contribution is 2.32. The molecule has 138 valence electrons. The molecule has 6 nitrogen and oxygen atoms in total. The first kappa shape index (κ1) is 18.5. The molecule has 0 amide bonds. The Morgan fingerprint density at radius 1 is 0.741 bits per heavy atom. The van der Waals surface area contributed by atoms with E-state index < -0.39 is 0 Å². The van der Waals surface area contributed by atoms with Crippen molar-refractivity contribution < 1.29 is 9.68 Å². The maximum Gasteiger partial charge on any atom is 0.170 e. The molecular weight excluding hydrogens is 360 g/mol. The number of nitrogens with zero attached hydrogens (tertiary/aromatic N) is 2. The van der Waals surface area contributed by atoms with Crippen molar-refractivity contribution in [1.29, 1.82) is 0 Å². The van der Waals surface area contributed by atoms with Gasteiger partial charge in [0, 0.05) is 16.0 Å². The van der Waals surface area contributed by atoms with Crippen LogP contribution in [0.3, 0.4) is 0 Å². The molecule has 0 saturated carbocycles. The summed E-state index contributed by atoms with van der Waals surface area (Å²) in [7, 11) is 2.94. The van der Waals surface area contributed by atoms with Gasteiger partial charge in [0.25, 0.3) is 0 Å². The first-order chi connectivity index (χ1) is 13.1. The average Bonchev–Trinajstić information content (AvgIpc) is 3.19. The van der Waals surface area contributed by atoms with Gasteiger partial charge < -0.3 is 21.1 Å². The lowest BCUT2D eigenvalue weighted by atomic mass is 10.0. The minimum atomic E-state index is 0.353. The smallest absolute Gasteiger partial charge is 0.170 e. The SMILES string of the molecule is CO/N=C(\N)c1ccc(-c2csc(-c3ccc(/C(N)=N\OC)cc3)c2)cc1. The number of thiophene rings is 1. The van der Waals surface area contributed by atoms with Crippen molar-refractivity contribution in [3.05, 3.63) is 71.1 Å². The molecule has 0 atom stereocenters. The van der Waals surface area contributed by atoms with Gasteiger partial charge in [0.05, 0.1) is 0 Å². The first-order valence-electron chi connectivity index (χ1n) is 8.15. The number of rotatable bonds is 6. The molecule has 3 rings (SSSR count). The van der Waals surface area contributed by atoms with E-state index in [1.807, 2.05) is 48.5 Å². The Hall–Kier alpha value is -3.32. The second-order valence-corrected chi connectivity index (χ2v) is 6.58. The zero-order valence-corrected chi connectivity index (χ0v) is 15.9. The van der Waals surface area contributed by atoms with Crippen molar-refractivity contribution in [2.24, 2.45) is 21.8 Å². The van der Waals surface area contributed by atoms with E-state index in [9.17, 15) is 0 Å². The van der Waals surface area contributed by atoms with Crippen LogP contribution in [0.5, 0.6) is 0 Å². The largest absolute Gasteiger partial charge is 0.397 e. The number of hydrogen-bond donors (Lipinski definition) is 2. The molecular formula is C20H20N4O2S. The number of oxime groups is 2. The van der Waals surface area contributed by atoms with Crippen molar-refractivity contribution in [1.82, 2.24) is 0 Å². The molecule has 0 aliphatic heterocycles. The van der Waals surface area contributed by atoms with E-state index in [2.05, 4.69) is 21.8 Å². The minimum Gasteiger partial charge on any atom is -0.397 e. The Morgan fingerprint density at radius 2 is 1.22 bits per heavy atom. The predicted molar refractivity (Wildman–Crippen MR) is 111 cm³/mol. The van der Waals surface area contributed by atoms with E-state index in [0.29, 0.717) is 11.7 Å². The maximum absolute atomic E-state index is 5.83. The molecule has 0 fully saturated rings. The number of benzene rings is 2. The quantitative estimate of drug-likeness (QED) is 0.388. The van der Waals surface area contributed by atoms with Crippen molar-refractivity contribution in [2.75, 3.05) is 14.2 Å². The summed E-state index contributed by atoms with van der Waals surface area (Å²) in [4.78, 5) is 10.6. The van der Waals surface area contributed by atoms with Crippen LogP contribution in [0.2, 0.25) is 0 Å². The lowest BCUT2D eigenvalue weighted by Crippen LogP contribution is -2.13. The van der Waals surface area contributed by atoms with Gasteiger partial charge in [-0.05, 0) is 28.1 Å². The third-order valence-electron chi connectivity index (χ3n) is 3.96. The van der Waals surface area contributed by atoms with Gasteiger partial charge >= 0.3 is 0 Å². The molecule has 27 heavy (non-hydrogen) atoms. The van der Waals surface area contributed by atoms with E-state index >= 15 is 0 Å². The summed E-state index contributed by atoms with van der Waals surface area (Å²) in [6.07, 6.45) is 0. The van der Waals surface area contributed by atoms with Gasteiger partial charge in [0.2, 0.25) is 0 Å². The van der Waals surface area contributed by atoms with E-state index in [4.69, 9.17) is 21.1 Å². The molecule has 1 heterocycles. The topological polar surface area (TPSA) is 95.2 Å². The molecule has 0 aliphatic carbocycles. The molecule has 0 spiro atoms. The zero-order chi connectivity index (χ0) is 19.2. The van der Waals surface area contributed by atoms with Gasteiger partial charge in [0.1, 0.15) is 14.2 Å². The highest BCUT2D eigenvalue weighted by Gasteiger charge is 2.07. The fourth-order valence-corrected chi connectivity index (χ4v) is 3.51. The third-order valence-corrected chi connectivity index (χ3v) is 4.94. The standard InChI is InChI=1S/C20H20N4O2S/c1-25-23-19(21)15-7-3-13(4-8-15)17-11-18(27-12-17)14-5-9-16(10-6-14)20(22)24-26-2/h3-12H,1-2H3,(H2,21,23)(H2,22,24). The lowest BCUT2D eigenvalue weighted by molar-refractivity contribution is 0.213. The summed E-state index contributed by atoms with van der Waals surface area (Å²) >= 11 is 1.69. The Kier molecular flexibility index (Phi) is 5.73. The van der Waals surface area contributed by atoms with Crippen LogP contribution < -0.4 is 11.5 Å². The van der Waals surface area contributed by atoms with Crippen LogP contribution in [-0.2, 0) is 9.68 Å². The lowest BCUT2D eigenvalue weighted by Gasteiger charge is -2.03. The van der Waals surface area contributed by atoms with Crippen molar-refractivity contribution >= 4 is 23.0 Å². The highest BCUT2D eigenvalue weighted by atomic mass is 32.1. The summed E-state index contributed by atoms with van der Waals surface area (Å²) in [6.45, 7) is 0. The van der Waals surface area contributed by atoms with Gasteiger partial charge in [-0.3, -0.25) is 0 Å². The maximum atomic E-state index is 5.83. The van der Waals surface area contributed by atoms with E-state index in [1.165, 1.54) is 19.1 Å². The normalized spacial score (nSPS) is 12.1. The molecule has 7 heteroatoms. The zero-order valence-electron chi connectivity index (χ0n) is 15.0. The van der Waals surface area contributed by atoms with E-state index in [-0.39, 0.29) is 0 Å². The van der Waals surface area contributed by atoms with Gasteiger partial charge in [-0.1, -0.05) is 58.8 Å². The summed E-state index contributed by atoms with van der Waals surface area (Å²) in [6, 6.07) is 18.0. The monoisotopic (exact) mass is 380 g/mol. The van der Waals surface area contributed by atoms with Crippen LogP contribution in [0.15, 0.2) is 70.3 Å². The molecule has 0 bridgehead atoms. The number of hydrogen-bond acceptors (Lipinski definition) is 5. The molecule has 3 aromatic rings. The summed E-state index contributed by atoms with van der Waals surface area (Å²) < 4.78 is 0. The molecule has 0 radical (unpaired) electrons. The van der Waals surface area contributed by atoms with Crippen LogP contribution in [0.25, 0.3) is 21.6 Å². The van der Waals surface area contributed by atoms with Crippen LogP contribution in [0.4, 0.5) is 0 Å². The van der Waals surface area contributed by atoms with Crippen molar-refractivity contribution in [2.45, 2.75) is 0 Å². The van der Waals surface area contributed by atoms with Gasteiger partial charge in [-0.15, -0.1) is 11.3 Å². The Balaban J connectivity index is 1.80. The summed E-state index contributed by atoms with van der Waals surface area (Å²) in [5, 5.41) is 9.62. The fourth-order valence-electron chi connectivity index (χ4n) is 2.58. The van der Waals surface area contributed by atoms with Crippen molar-refractivity contribution in [3.63, 3.8) is 0 Å². The van der Waals surface area contributed by atoms with Crippen LogP contribution in [0.1, 0.15) is 11.1 Å². The molecule has 0 aliphatic rings. The minimum absolute atomic E-state index is 0.353. The second-order valence-electron chi connectivity index (χ2n) is 5.67. The summed E-state index contributed by atoms with van der Waals surface area (Å²) in [5.41, 5.74) is 16.7. The third kappa shape index (κ3) is 4.27. The fraction of sp³-hybridized carbons (Fsp3) is 0.100. The van der Waals surface area contributed by atoms with Crippen LogP contribution in [0, 0.1) is 0 Å². The molecule has 4 N–H and O–H groups in total. The van der Waals surface area contributed by atoms with Gasteiger partial charge in [-0.25, -0.2) is 0 Å². The molecule has 2 aromatic carbocycles. The number of nitrogens with two attached hydrogens (primary N) is 2. The first-order valence-corrected chi connectivity index (χ1v) is 9.03. The van der Waals surface area contributed by atoms with Gasteiger partial charge in [-0.2, -0.15) is 0 Å². The van der Waals surface area contributed by atoms with Gasteiger partial charge in [0.15, 0.2) is 11.7 Å². The van der Waals surface area contributed by atoms with E-state index in [1.54, 1.807) is 11.3 Å². The molecule has 0 saturated heterocycles. The summed E-state index contributed by atoms with van der Waals surface area (Å²) in [5.74, 6) is 0.707.